The van der Waals surface area contributed by atoms with Gasteiger partial charge < -0.3 is 0 Å². The van der Waals surface area contributed by atoms with E-state index in [-0.39, 0.29) is 5.56 Å². The maximum atomic E-state index is 13.2. The molecule has 0 aromatic carbocycles. The number of aromatic nitrogens is 4. The topological polar surface area (TPSA) is 63.6 Å². The van der Waals surface area contributed by atoms with E-state index in [0.29, 0.717) is 11.9 Å². The van der Waals surface area contributed by atoms with Gasteiger partial charge in [0.1, 0.15) is 4.83 Å². The Hall–Kier alpha value is -2.16. The van der Waals surface area contributed by atoms with Gasteiger partial charge in [-0.3, -0.25) is 14.5 Å². The van der Waals surface area contributed by atoms with E-state index in [4.69, 9.17) is 4.98 Å². The molecule has 138 valence electrons. The van der Waals surface area contributed by atoms with Crippen LogP contribution in [0.4, 0.5) is 0 Å². The fourth-order valence-corrected chi connectivity index (χ4v) is 5.62. The molecule has 0 aliphatic heterocycles. The van der Waals surface area contributed by atoms with Gasteiger partial charge in [-0.1, -0.05) is 23.9 Å². The molecule has 27 heavy (non-hydrogen) atoms. The molecule has 5 nitrogen and oxygen atoms in total. The van der Waals surface area contributed by atoms with Crippen molar-refractivity contribution in [1.29, 1.82) is 0 Å². The van der Waals surface area contributed by atoms with Crippen LogP contribution in [0.2, 0.25) is 0 Å². The Morgan fingerprint density at radius 1 is 1.37 bits per heavy atom. The van der Waals surface area contributed by atoms with Crippen molar-refractivity contribution < 1.29 is 0 Å². The minimum atomic E-state index is 0.0156. The third-order valence-electron chi connectivity index (χ3n) is 4.15. The Kier molecular flexibility index (Phi) is 5.56. The van der Waals surface area contributed by atoms with Crippen molar-refractivity contribution in [3.8, 4) is 10.4 Å². The summed E-state index contributed by atoms with van der Waals surface area (Å²) in [5.41, 5.74) is 2.19. The van der Waals surface area contributed by atoms with E-state index in [2.05, 4.69) is 16.8 Å². The molecule has 4 aromatic rings. The zero-order valence-corrected chi connectivity index (χ0v) is 17.0. The van der Waals surface area contributed by atoms with Crippen LogP contribution in [0.25, 0.3) is 20.7 Å². The summed E-state index contributed by atoms with van der Waals surface area (Å²) in [6.45, 7) is 4.27. The Morgan fingerprint density at radius 3 is 3.04 bits per heavy atom. The zero-order chi connectivity index (χ0) is 18.6. The summed E-state index contributed by atoms with van der Waals surface area (Å²) in [5.74, 6) is 0.892. The van der Waals surface area contributed by atoms with Crippen LogP contribution in [0.5, 0.6) is 0 Å². The van der Waals surface area contributed by atoms with E-state index in [1.54, 1.807) is 33.7 Å². The lowest BCUT2D eigenvalue weighted by Crippen LogP contribution is -2.22. The highest BCUT2D eigenvalue weighted by molar-refractivity contribution is 7.99. The van der Waals surface area contributed by atoms with Gasteiger partial charge in [-0.25, -0.2) is 4.98 Å². The molecule has 4 rings (SSSR count). The van der Waals surface area contributed by atoms with Crippen molar-refractivity contribution in [2.45, 2.75) is 24.5 Å². The standard InChI is InChI=1S/C19H18N4OS3/c1-2-7-23-18(24)16-14(15-6-4-8-25-15)12-27-17(16)22-19(23)26-9-3-5-13-10-20-21-11-13/h2,4,6,8,10-12H,1,3,5,7,9H2,(H,20,21). The molecule has 0 radical (unpaired) electrons. The van der Waals surface area contributed by atoms with E-state index in [0.717, 1.165) is 39.0 Å². The molecule has 0 saturated heterocycles. The van der Waals surface area contributed by atoms with E-state index < -0.39 is 0 Å². The van der Waals surface area contributed by atoms with Crippen molar-refractivity contribution in [2.24, 2.45) is 0 Å². The van der Waals surface area contributed by atoms with Crippen molar-refractivity contribution in [3.63, 3.8) is 0 Å². The molecule has 0 spiro atoms. The minimum Gasteiger partial charge on any atom is -0.285 e. The summed E-state index contributed by atoms with van der Waals surface area (Å²) in [5, 5.41) is 12.3. The van der Waals surface area contributed by atoms with Gasteiger partial charge in [-0.05, 0) is 29.9 Å². The van der Waals surface area contributed by atoms with E-state index in [1.807, 2.05) is 35.3 Å². The second kappa shape index (κ2) is 8.24. The fraction of sp³-hybridized carbons (Fsp3) is 0.211. The summed E-state index contributed by atoms with van der Waals surface area (Å²) >= 11 is 4.80. The average molecular weight is 415 g/mol. The average Bonchev–Trinajstić information content (AvgIpc) is 3.42. The first kappa shape index (κ1) is 18.2. The van der Waals surface area contributed by atoms with Gasteiger partial charge in [0.05, 0.1) is 11.6 Å². The van der Waals surface area contributed by atoms with Gasteiger partial charge in [0.2, 0.25) is 0 Å². The highest BCUT2D eigenvalue weighted by Gasteiger charge is 2.17. The lowest BCUT2D eigenvalue weighted by molar-refractivity contribution is 0.672. The molecular weight excluding hydrogens is 396 g/mol. The van der Waals surface area contributed by atoms with Crippen LogP contribution in [0.3, 0.4) is 0 Å². The maximum Gasteiger partial charge on any atom is 0.263 e. The molecule has 4 heterocycles. The van der Waals surface area contributed by atoms with E-state index in [9.17, 15) is 4.79 Å². The summed E-state index contributed by atoms with van der Waals surface area (Å²) in [6, 6.07) is 4.05. The predicted octanol–water partition coefficient (Wildman–Crippen LogP) is 4.82. The van der Waals surface area contributed by atoms with Crippen molar-refractivity contribution in [2.75, 3.05) is 5.75 Å². The van der Waals surface area contributed by atoms with Gasteiger partial charge in [0.15, 0.2) is 5.16 Å². The minimum absolute atomic E-state index is 0.0156. The van der Waals surface area contributed by atoms with Crippen molar-refractivity contribution in [1.82, 2.24) is 19.7 Å². The number of allylic oxidation sites excluding steroid dienone is 1. The van der Waals surface area contributed by atoms with Crippen molar-refractivity contribution >= 4 is 44.7 Å². The number of nitrogens with one attached hydrogen (secondary N) is 1. The molecule has 0 aliphatic carbocycles. The number of H-pyrrole nitrogens is 1. The lowest BCUT2D eigenvalue weighted by atomic mass is 10.2. The quantitative estimate of drug-likeness (QED) is 0.194. The van der Waals surface area contributed by atoms with Crippen molar-refractivity contribution in [3.05, 3.63) is 63.9 Å². The predicted molar refractivity (Wildman–Crippen MR) is 115 cm³/mol. The van der Waals surface area contributed by atoms with Crippen LogP contribution < -0.4 is 5.56 Å². The van der Waals surface area contributed by atoms with Gasteiger partial charge >= 0.3 is 0 Å². The van der Waals surface area contributed by atoms with Crippen LogP contribution in [0.1, 0.15) is 12.0 Å². The second-order valence-electron chi connectivity index (χ2n) is 5.96. The first-order valence-electron chi connectivity index (χ1n) is 8.55. The number of nitrogens with zero attached hydrogens (tertiary/aromatic N) is 3. The summed E-state index contributed by atoms with van der Waals surface area (Å²) in [4.78, 5) is 19.9. The van der Waals surface area contributed by atoms with Crippen LogP contribution in [0.15, 0.2) is 57.9 Å². The Balaban J connectivity index is 1.63. The molecule has 0 fully saturated rings. The Morgan fingerprint density at radius 2 is 2.30 bits per heavy atom. The van der Waals surface area contributed by atoms with Crippen LogP contribution in [-0.2, 0) is 13.0 Å². The van der Waals surface area contributed by atoms with Crippen LogP contribution in [-0.4, -0.2) is 25.5 Å². The maximum absolute atomic E-state index is 13.2. The number of thiophene rings is 2. The van der Waals surface area contributed by atoms with Gasteiger partial charge in [0, 0.05) is 34.3 Å². The number of aromatic amines is 1. The first-order valence-corrected chi connectivity index (χ1v) is 11.3. The van der Waals surface area contributed by atoms with E-state index in [1.165, 1.54) is 16.9 Å². The highest BCUT2D eigenvalue weighted by atomic mass is 32.2. The molecular formula is C19H18N4OS3. The highest BCUT2D eigenvalue weighted by Crippen LogP contribution is 2.34. The van der Waals surface area contributed by atoms with Gasteiger partial charge in [-0.2, -0.15) is 5.10 Å². The number of rotatable bonds is 8. The largest absolute Gasteiger partial charge is 0.285 e. The fourth-order valence-electron chi connectivity index (χ4n) is 2.87. The molecule has 0 unspecified atom stereocenters. The smallest absolute Gasteiger partial charge is 0.263 e. The molecule has 0 saturated carbocycles. The number of aryl methyl sites for hydroxylation is 1. The normalized spacial score (nSPS) is 11.3. The summed E-state index contributed by atoms with van der Waals surface area (Å²) in [7, 11) is 0. The summed E-state index contributed by atoms with van der Waals surface area (Å²) < 4.78 is 1.74. The number of hydrogen-bond acceptors (Lipinski definition) is 6. The number of hydrogen-bond donors (Lipinski definition) is 1. The zero-order valence-electron chi connectivity index (χ0n) is 14.6. The van der Waals surface area contributed by atoms with Gasteiger partial charge in [-0.15, -0.1) is 29.3 Å². The molecule has 1 N–H and O–H groups in total. The molecule has 0 aliphatic rings. The molecule has 4 aromatic heterocycles. The monoisotopic (exact) mass is 414 g/mol. The van der Waals surface area contributed by atoms with E-state index >= 15 is 0 Å². The first-order chi connectivity index (χ1) is 13.3. The number of fused-ring (bicyclic) bond motifs is 1. The molecule has 0 amide bonds. The van der Waals surface area contributed by atoms with Gasteiger partial charge in [0.25, 0.3) is 5.56 Å². The Bertz CT molecular complexity index is 1090. The third-order valence-corrected chi connectivity index (χ3v) is 6.99. The molecule has 0 bridgehead atoms. The molecule has 0 atom stereocenters. The SMILES string of the molecule is C=CCn1c(SCCCc2cn[nH]c2)nc2scc(-c3cccs3)c2c1=O. The second-order valence-corrected chi connectivity index (χ2v) is 8.83. The third kappa shape index (κ3) is 3.78. The Labute approximate surface area is 168 Å². The lowest BCUT2D eigenvalue weighted by Gasteiger charge is -2.10. The summed E-state index contributed by atoms with van der Waals surface area (Å²) in [6.07, 6.45) is 7.47. The number of thioether (sulfide) groups is 1. The van der Waals surface area contributed by atoms with Crippen LogP contribution >= 0.6 is 34.4 Å². The van der Waals surface area contributed by atoms with Crippen LogP contribution in [0, 0.1) is 0 Å². The molecule has 8 heteroatoms.